The van der Waals surface area contributed by atoms with Crippen molar-refractivity contribution in [3.63, 3.8) is 0 Å². The Balaban J connectivity index is 2.45. The number of aromatic nitrogens is 1. The lowest BCUT2D eigenvalue weighted by Gasteiger charge is -1.95. The molecule has 0 saturated heterocycles. The predicted molar refractivity (Wildman–Crippen MR) is 53.5 cm³/mol. The molecule has 0 aliphatic heterocycles. The van der Waals surface area contributed by atoms with Crippen LogP contribution in [0.3, 0.4) is 0 Å². The van der Waals surface area contributed by atoms with Crippen molar-refractivity contribution in [2.24, 2.45) is 0 Å². The van der Waals surface area contributed by atoms with E-state index >= 15 is 0 Å². The molecule has 0 saturated carbocycles. The van der Waals surface area contributed by atoms with E-state index in [-0.39, 0.29) is 0 Å². The molecule has 60 valence electrons. The third-order valence-electron chi connectivity index (χ3n) is 1.76. The topological polar surface area (TPSA) is 15.8 Å². The normalized spacial score (nSPS) is 10.1. The summed E-state index contributed by atoms with van der Waals surface area (Å²) >= 11 is 4.20. The van der Waals surface area contributed by atoms with Gasteiger partial charge in [-0.2, -0.15) is 0 Å². The van der Waals surface area contributed by atoms with Crippen LogP contribution in [0.2, 0.25) is 0 Å². The monoisotopic (exact) mass is 175 g/mol. The second kappa shape index (κ2) is 3.07. The molecule has 12 heavy (non-hydrogen) atoms. The molecule has 1 N–H and O–H groups in total. The maximum absolute atomic E-state index is 4.20. The summed E-state index contributed by atoms with van der Waals surface area (Å²) in [7, 11) is 0. The highest BCUT2D eigenvalue weighted by Crippen LogP contribution is 2.18. The molecule has 0 atom stereocenters. The van der Waals surface area contributed by atoms with Gasteiger partial charge >= 0.3 is 0 Å². The van der Waals surface area contributed by atoms with Crippen LogP contribution in [-0.4, -0.2) is 4.98 Å². The molecule has 1 aromatic carbocycles. The first-order valence-electron chi connectivity index (χ1n) is 3.79. The maximum Gasteiger partial charge on any atom is 0.0695 e. The number of aromatic amines is 1. The minimum Gasteiger partial charge on any atom is -0.350 e. The molecule has 1 nitrogen and oxygen atoms in total. The second-order valence-corrected chi connectivity index (χ2v) is 3.11. The highest BCUT2D eigenvalue weighted by molar-refractivity contribution is 7.80. The average Bonchev–Trinajstić information content (AvgIpc) is 2.54. The zero-order valence-corrected chi connectivity index (χ0v) is 7.38. The first kappa shape index (κ1) is 7.50. The van der Waals surface area contributed by atoms with Crippen LogP contribution in [0.4, 0.5) is 0 Å². The summed E-state index contributed by atoms with van der Waals surface area (Å²) < 4.78 is 0. The van der Waals surface area contributed by atoms with Crippen molar-refractivity contribution >= 4 is 12.6 Å². The fourth-order valence-corrected chi connectivity index (χ4v) is 1.36. The van der Waals surface area contributed by atoms with E-state index in [1.54, 1.807) is 0 Å². The molecule has 2 heteroatoms. The zero-order chi connectivity index (χ0) is 8.39. The van der Waals surface area contributed by atoms with Crippen LogP contribution in [0.1, 0.15) is 0 Å². The molecule has 1 heterocycles. The summed E-state index contributed by atoms with van der Waals surface area (Å²) in [5, 5.41) is 0.897. The SMILES string of the molecule is Sc1ccc(-c2ccccc2)[nH]1. The molecule has 0 aliphatic rings. The standard InChI is InChI=1S/C10H9NS/c12-10-7-6-9(11-10)8-4-2-1-3-5-8/h1-7,11-12H. The minimum absolute atomic E-state index is 0.897. The Kier molecular flexibility index (Phi) is 1.92. The van der Waals surface area contributed by atoms with Crippen LogP contribution >= 0.6 is 12.6 Å². The van der Waals surface area contributed by atoms with Crippen LogP contribution in [0.5, 0.6) is 0 Å². The molecular weight excluding hydrogens is 166 g/mol. The summed E-state index contributed by atoms with van der Waals surface area (Å²) in [6.45, 7) is 0. The highest BCUT2D eigenvalue weighted by Gasteiger charge is 1.96. The van der Waals surface area contributed by atoms with Gasteiger partial charge in [0, 0.05) is 5.69 Å². The van der Waals surface area contributed by atoms with E-state index in [2.05, 4.69) is 29.7 Å². The number of nitrogens with one attached hydrogen (secondary N) is 1. The van der Waals surface area contributed by atoms with E-state index in [9.17, 15) is 0 Å². The number of rotatable bonds is 1. The number of hydrogen-bond acceptors (Lipinski definition) is 1. The van der Waals surface area contributed by atoms with Gasteiger partial charge in [-0.15, -0.1) is 12.6 Å². The lowest BCUT2D eigenvalue weighted by Crippen LogP contribution is -1.74. The average molecular weight is 175 g/mol. The van der Waals surface area contributed by atoms with Crippen LogP contribution < -0.4 is 0 Å². The molecule has 0 amide bonds. The van der Waals surface area contributed by atoms with E-state index in [0.717, 1.165) is 10.7 Å². The van der Waals surface area contributed by atoms with Crippen LogP contribution in [0.25, 0.3) is 11.3 Å². The summed E-state index contributed by atoms with van der Waals surface area (Å²) in [6, 6.07) is 14.2. The largest absolute Gasteiger partial charge is 0.350 e. The highest BCUT2D eigenvalue weighted by atomic mass is 32.1. The van der Waals surface area contributed by atoms with Crippen LogP contribution in [0, 0.1) is 0 Å². The van der Waals surface area contributed by atoms with Gasteiger partial charge in [0.2, 0.25) is 0 Å². The number of H-pyrrole nitrogens is 1. The molecule has 0 unspecified atom stereocenters. The van der Waals surface area contributed by atoms with E-state index in [4.69, 9.17) is 0 Å². The number of benzene rings is 1. The number of hydrogen-bond donors (Lipinski definition) is 2. The van der Waals surface area contributed by atoms with Crippen molar-refractivity contribution in [2.75, 3.05) is 0 Å². The lowest BCUT2D eigenvalue weighted by molar-refractivity contribution is 1.22. The molecule has 0 fully saturated rings. The van der Waals surface area contributed by atoms with Crippen molar-refractivity contribution in [2.45, 2.75) is 5.03 Å². The van der Waals surface area contributed by atoms with Crippen LogP contribution in [0.15, 0.2) is 47.5 Å². The van der Waals surface area contributed by atoms with E-state index < -0.39 is 0 Å². The zero-order valence-electron chi connectivity index (χ0n) is 6.49. The van der Waals surface area contributed by atoms with Crippen molar-refractivity contribution in [3.05, 3.63) is 42.5 Å². The van der Waals surface area contributed by atoms with Gasteiger partial charge in [0.25, 0.3) is 0 Å². The molecule has 0 bridgehead atoms. The summed E-state index contributed by atoms with van der Waals surface area (Å²) in [4.78, 5) is 3.16. The van der Waals surface area contributed by atoms with Gasteiger partial charge < -0.3 is 4.98 Å². The van der Waals surface area contributed by atoms with Gasteiger partial charge in [-0.1, -0.05) is 30.3 Å². The van der Waals surface area contributed by atoms with Crippen LogP contribution in [-0.2, 0) is 0 Å². The van der Waals surface area contributed by atoms with Crippen molar-refractivity contribution < 1.29 is 0 Å². The van der Waals surface area contributed by atoms with Crippen molar-refractivity contribution in [1.82, 2.24) is 4.98 Å². The molecule has 0 aliphatic carbocycles. The molecule has 0 radical (unpaired) electrons. The van der Waals surface area contributed by atoms with E-state index in [1.165, 1.54) is 5.56 Å². The van der Waals surface area contributed by atoms with Gasteiger partial charge in [-0.25, -0.2) is 0 Å². The Hall–Kier alpha value is -1.15. The third-order valence-corrected chi connectivity index (χ3v) is 2.02. The Morgan fingerprint density at radius 2 is 1.67 bits per heavy atom. The Morgan fingerprint density at radius 1 is 0.917 bits per heavy atom. The predicted octanol–water partition coefficient (Wildman–Crippen LogP) is 2.97. The lowest BCUT2D eigenvalue weighted by atomic mass is 10.2. The minimum atomic E-state index is 0.897. The summed E-state index contributed by atoms with van der Waals surface area (Å²) in [5.74, 6) is 0. The smallest absolute Gasteiger partial charge is 0.0695 e. The van der Waals surface area contributed by atoms with Crippen molar-refractivity contribution in [1.29, 1.82) is 0 Å². The molecule has 2 aromatic rings. The first-order chi connectivity index (χ1) is 5.86. The fraction of sp³-hybridized carbons (Fsp3) is 0. The van der Waals surface area contributed by atoms with Gasteiger partial charge in [-0.05, 0) is 17.7 Å². The maximum atomic E-state index is 4.20. The third kappa shape index (κ3) is 1.38. The second-order valence-electron chi connectivity index (χ2n) is 2.62. The van der Waals surface area contributed by atoms with Gasteiger partial charge in [0.1, 0.15) is 0 Å². The quantitative estimate of drug-likeness (QED) is 0.620. The Morgan fingerprint density at radius 3 is 2.25 bits per heavy atom. The summed E-state index contributed by atoms with van der Waals surface area (Å²) in [6.07, 6.45) is 0. The first-order valence-corrected chi connectivity index (χ1v) is 4.24. The molecular formula is C10H9NS. The Labute approximate surface area is 76.9 Å². The summed E-state index contributed by atoms with van der Waals surface area (Å²) in [5.41, 5.74) is 2.30. The number of thiol groups is 1. The fourth-order valence-electron chi connectivity index (χ4n) is 1.17. The van der Waals surface area contributed by atoms with E-state index in [0.29, 0.717) is 0 Å². The Bertz CT molecular complexity index is 364. The molecule has 1 aromatic heterocycles. The van der Waals surface area contributed by atoms with E-state index in [1.807, 2.05) is 30.3 Å². The van der Waals surface area contributed by atoms with Gasteiger partial charge in [0.15, 0.2) is 0 Å². The molecule has 0 spiro atoms. The molecule has 2 rings (SSSR count). The van der Waals surface area contributed by atoms with Gasteiger partial charge in [-0.3, -0.25) is 0 Å². The van der Waals surface area contributed by atoms with Gasteiger partial charge in [0.05, 0.1) is 5.03 Å². The van der Waals surface area contributed by atoms with Crippen molar-refractivity contribution in [3.8, 4) is 11.3 Å².